The summed E-state index contributed by atoms with van der Waals surface area (Å²) in [6.45, 7) is 3.05. The van der Waals surface area contributed by atoms with Crippen LogP contribution in [0.25, 0.3) is 0 Å². The molecule has 0 saturated carbocycles. The maximum Gasteiger partial charge on any atom is 0.360 e. The van der Waals surface area contributed by atoms with Gasteiger partial charge in [-0.1, -0.05) is 5.21 Å². The smallest absolute Gasteiger partial charge is 0.360 e. The number of nitrogens with one attached hydrogen (secondary N) is 1. The average molecular weight is 380 g/mol. The molecule has 1 N–H and O–H groups in total. The monoisotopic (exact) mass is 380 g/mol. The van der Waals surface area contributed by atoms with Gasteiger partial charge >= 0.3 is 5.97 Å². The van der Waals surface area contributed by atoms with E-state index in [0.717, 1.165) is 19.0 Å². The van der Waals surface area contributed by atoms with Crippen LogP contribution in [0.4, 0.5) is 0 Å². The Bertz CT molecular complexity index is 461. The van der Waals surface area contributed by atoms with Gasteiger partial charge in [-0.25, -0.2) is 9.48 Å². The number of carbonyl (C=O) groups excluding carboxylic acids is 1. The van der Waals surface area contributed by atoms with Gasteiger partial charge in [0, 0.05) is 20.1 Å². The Morgan fingerprint density at radius 1 is 1.58 bits per heavy atom. The van der Waals surface area contributed by atoms with E-state index in [9.17, 15) is 4.79 Å². The zero-order chi connectivity index (χ0) is 13.0. The Morgan fingerprint density at radius 3 is 3.00 bits per heavy atom. The molecule has 0 spiro atoms. The molecule has 0 aromatic carbocycles. The number of methoxy groups -OCH3 is 1. The quantitative estimate of drug-likeness (QED) is 0.564. The second-order valence-corrected chi connectivity index (χ2v) is 3.91. The SMILES string of the molecule is COC(=O)c1cn(CCNC2=NCCN2C)nn1.I. The first kappa shape index (κ1) is 15.7. The summed E-state index contributed by atoms with van der Waals surface area (Å²) in [5.41, 5.74) is 0.216. The minimum atomic E-state index is -0.478. The highest BCUT2D eigenvalue weighted by atomic mass is 127. The van der Waals surface area contributed by atoms with Gasteiger partial charge in [-0.15, -0.1) is 29.1 Å². The van der Waals surface area contributed by atoms with Crippen molar-refractivity contribution in [3.8, 4) is 0 Å². The first-order chi connectivity index (χ1) is 8.70. The van der Waals surface area contributed by atoms with Crippen LogP contribution in [-0.2, 0) is 11.3 Å². The lowest BCUT2D eigenvalue weighted by molar-refractivity contribution is 0.0594. The lowest BCUT2D eigenvalue weighted by Crippen LogP contribution is -2.37. The molecular formula is C10H17IN6O2. The van der Waals surface area contributed by atoms with E-state index in [1.165, 1.54) is 7.11 Å². The second-order valence-electron chi connectivity index (χ2n) is 3.91. The number of likely N-dealkylation sites (N-methyl/N-ethyl adjacent to an activating group) is 1. The first-order valence-corrected chi connectivity index (χ1v) is 5.68. The van der Waals surface area contributed by atoms with Crippen LogP contribution in [-0.4, -0.2) is 65.6 Å². The van der Waals surface area contributed by atoms with Crippen molar-refractivity contribution in [2.45, 2.75) is 6.54 Å². The molecule has 1 aliphatic heterocycles. The van der Waals surface area contributed by atoms with Crippen LogP contribution in [0.5, 0.6) is 0 Å². The third-order valence-corrected chi connectivity index (χ3v) is 2.62. The number of rotatable bonds is 4. The molecule has 0 fully saturated rings. The molecule has 0 aliphatic carbocycles. The number of hydrogen-bond acceptors (Lipinski definition) is 7. The fourth-order valence-corrected chi connectivity index (χ4v) is 1.61. The van der Waals surface area contributed by atoms with E-state index in [0.29, 0.717) is 13.1 Å². The summed E-state index contributed by atoms with van der Waals surface area (Å²) in [5, 5.41) is 10.8. The van der Waals surface area contributed by atoms with Gasteiger partial charge in [0.1, 0.15) is 0 Å². The molecular weight excluding hydrogens is 363 g/mol. The number of nitrogens with zero attached hydrogens (tertiary/aromatic N) is 5. The van der Waals surface area contributed by atoms with E-state index in [4.69, 9.17) is 0 Å². The van der Waals surface area contributed by atoms with Crippen LogP contribution in [0.1, 0.15) is 10.5 Å². The van der Waals surface area contributed by atoms with Crippen molar-refractivity contribution in [1.29, 1.82) is 0 Å². The molecule has 1 aromatic rings. The molecule has 2 heterocycles. The third kappa shape index (κ3) is 4.04. The number of hydrogen-bond donors (Lipinski definition) is 1. The van der Waals surface area contributed by atoms with Crippen LogP contribution in [0.15, 0.2) is 11.2 Å². The van der Waals surface area contributed by atoms with Crippen molar-refractivity contribution in [3.63, 3.8) is 0 Å². The summed E-state index contributed by atoms with van der Waals surface area (Å²) in [7, 11) is 3.31. The second kappa shape index (κ2) is 7.26. The van der Waals surface area contributed by atoms with E-state index in [1.807, 2.05) is 7.05 Å². The molecule has 0 amide bonds. The molecule has 19 heavy (non-hydrogen) atoms. The number of esters is 1. The largest absolute Gasteiger partial charge is 0.464 e. The number of ether oxygens (including phenoxy) is 1. The average Bonchev–Trinajstić information content (AvgIpc) is 2.99. The van der Waals surface area contributed by atoms with Gasteiger partial charge < -0.3 is 15.0 Å². The lowest BCUT2D eigenvalue weighted by atomic mass is 10.5. The summed E-state index contributed by atoms with van der Waals surface area (Å²) >= 11 is 0. The first-order valence-electron chi connectivity index (χ1n) is 5.68. The number of halogens is 1. The molecule has 0 bridgehead atoms. The van der Waals surface area contributed by atoms with E-state index >= 15 is 0 Å². The molecule has 9 heteroatoms. The van der Waals surface area contributed by atoms with E-state index in [1.54, 1.807) is 10.9 Å². The number of aliphatic imine (C=N–C) groups is 1. The molecule has 1 aromatic heterocycles. The number of aromatic nitrogens is 3. The fourth-order valence-electron chi connectivity index (χ4n) is 1.61. The summed E-state index contributed by atoms with van der Waals surface area (Å²) in [6.07, 6.45) is 1.56. The van der Waals surface area contributed by atoms with Gasteiger partial charge in [-0.3, -0.25) is 4.99 Å². The molecule has 0 saturated heterocycles. The molecule has 106 valence electrons. The van der Waals surface area contributed by atoms with Gasteiger partial charge in [0.05, 0.1) is 26.4 Å². The van der Waals surface area contributed by atoms with Crippen molar-refractivity contribution in [3.05, 3.63) is 11.9 Å². The van der Waals surface area contributed by atoms with Gasteiger partial charge in [0.25, 0.3) is 0 Å². The van der Waals surface area contributed by atoms with Crippen molar-refractivity contribution in [2.75, 3.05) is 33.8 Å². The topological polar surface area (TPSA) is 84.6 Å². The normalized spacial score (nSPS) is 13.8. The Hall–Kier alpha value is -1.39. The molecule has 0 unspecified atom stereocenters. The zero-order valence-electron chi connectivity index (χ0n) is 10.9. The Kier molecular flexibility index (Phi) is 5.99. The summed E-state index contributed by atoms with van der Waals surface area (Å²) in [5.74, 6) is 0.414. The van der Waals surface area contributed by atoms with Crippen molar-refractivity contribution >= 4 is 35.9 Å². The summed E-state index contributed by atoms with van der Waals surface area (Å²) < 4.78 is 6.15. The molecule has 8 nitrogen and oxygen atoms in total. The zero-order valence-corrected chi connectivity index (χ0v) is 13.2. The van der Waals surface area contributed by atoms with Gasteiger partial charge in [-0.05, 0) is 0 Å². The van der Waals surface area contributed by atoms with Gasteiger partial charge in [0.2, 0.25) is 0 Å². The molecule has 0 radical (unpaired) electrons. The Labute approximate surface area is 128 Å². The maximum absolute atomic E-state index is 11.2. The van der Waals surface area contributed by atoms with E-state index < -0.39 is 5.97 Å². The van der Waals surface area contributed by atoms with Crippen LogP contribution in [0.3, 0.4) is 0 Å². The Balaban J connectivity index is 0.00000180. The fraction of sp³-hybridized carbons (Fsp3) is 0.600. The lowest BCUT2D eigenvalue weighted by Gasteiger charge is -2.14. The van der Waals surface area contributed by atoms with Crippen LogP contribution in [0.2, 0.25) is 0 Å². The highest BCUT2D eigenvalue weighted by Gasteiger charge is 2.12. The summed E-state index contributed by atoms with van der Waals surface area (Å²) in [4.78, 5) is 17.5. The number of carbonyl (C=O) groups is 1. The predicted molar refractivity (Wildman–Crippen MR) is 79.7 cm³/mol. The van der Waals surface area contributed by atoms with Crippen LogP contribution in [0, 0.1) is 0 Å². The minimum absolute atomic E-state index is 0. The summed E-state index contributed by atoms with van der Waals surface area (Å²) in [6, 6.07) is 0. The van der Waals surface area contributed by atoms with Gasteiger partial charge in [0.15, 0.2) is 11.7 Å². The highest BCUT2D eigenvalue weighted by Crippen LogP contribution is 1.96. The standard InChI is InChI=1S/C10H16N6O2.HI/c1-15-5-3-11-10(15)12-4-6-16-7-8(13-14-16)9(17)18-2;/h7H,3-6H2,1-2H3,(H,11,12);1H. The third-order valence-electron chi connectivity index (χ3n) is 2.62. The Morgan fingerprint density at radius 2 is 2.37 bits per heavy atom. The van der Waals surface area contributed by atoms with Crippen molar-refractivity contribution in [1.82, 2.24) is 25.2 Å². The molecule has 1 aliphatic rings. The van der Waals surface area contributed by atoms with Crippen LogP contribution >= 0.6 is 24.0 Å². The minimum Gasteiger partial charge on any atom is -0.464 e. The predicted octanol–water partition coefficient (Wildman–Crippen LogP) is -0.426. The van der Waals surface area contributed by atoms with Crippen molar-refractivity contribution in [2.24, 2.45) is 4.99 Å². The number of guanidine groups is 1. The van der Waals surface area contributed by atoms with Crippen LogP contribution < -0.4 is 5.32 Å². The van der Waals surface area contributed by atoms with Gasteiger partial charge in [-0.2, -0.15) is 0 Å². The highest BCUT2D eigenvalue weighted by molar-refractivity contribution is 14.0. The van der Waals surface area contributed by atoms with Crippen molar-refractivity contribution < 1.29 is 9.53 Å². The molecule has 0 atom stereocenters. The maximum atomic E-state index is 11.2. The van der Waals surface area contributed by atoms with E-state index in [-0.39, 0.29) is 29.7 Å². The molecule has 2 rings (SSSR count). The van der Waals surface area contributed by atoms with E-state index in [2.05, 4.69) is 30.3 Å².